The molecule has 10 nitrogen and oxygen atoms in total. The van der Waals surface area contributed by atoms with Gasteiger partial charge in [0.2, 0.25) is 0 Å². The van der Waals surface area contributed by atoms with Crippen molar-refractivity contribution in [2.75, 3.05) is 18.5 Å². The smallest absolute Gasteiger partial charge is 0.351 e. The number of hydrogen-bond donors (Lipinski definition) is 2. The Morgan fingerprint density at radius 3 is 2.76 bits per heavy atom. The molecule has 4 aromatic heterocycles. The van der Waals surface area contributed by atoms with Crippen LogP contribution in [0.4, 0.5) is 5.82 Å². The summed E-state index contributed by atoms with van der Waals surface area (Å²) < 4.78 is 5.28. The average molecular weight is 531 g/mol. The number of fused-ring (bicyclic) bond motifs is 2. The molecule has 0 radical (unpaired) electrons. The number of aromatic nitrogens is 6. The summed E-state index contributed by atoms with van der Waals surface area (Å²) >= 11 is 6.32. The number of nitrogens with zero attached hydrogens (tertiary/aromatic N) is 7. The van der Waals surface area contributed by atoms with Crippen LogP contribution in [-0.2, 0) is 20.1 Å². The molecular formula is C27H27ClN8O2. The van der Waals surface area contributed by atoms with E-state index in [1.54, 1.807) is 29.1 Å². The largest absolute Gasteiger partial charge is 0.395 e. The predicted molar refractivity (Wildman–Crippen MR) is 147 cm³/mol. The van der Waals surface area contributed by atoms with Gasteiger partial charge < -0.3 is 15.0 Å². The van der Waals surface area contributed by atoms with Gasteiger partial charge in [0.05, 0.1) is 41.0 Å². The molecule has 5 rings (SSSR count). The molecule has 4 heterocycles. The quantitative estimate of drug-likeness (QED) is 0.312. The van der Waals surface area contributed by atoms with Gasteiger partial charge >= 0.3 is 5.69 Å². The van der Waals surface area contributed by atoms with Crippen LogP contribution in [0.15, 0.2) is 47.5 Å². The number of anilines is 1. The first-order valence-corrected chi connectivity index (χ1v) is 12.6. The van der Waals surface area contributed by atoms with Gasteiger partial charge in [0.15, 0.2) is 5.65 Å². The summed E-state index contributed by atoms with van der Waals surface area (Å²) in [5.74, 6) is 0.511. The Morgan fingerprint density at radius 2 is 2.05 bits per heavy atom. The molecule has 1 aromatic carbocycles. The number of benzene rings is 1. The monoisotopic (exact) mass is 530 g/mol. The van der Waals surface area contributed by atoms with E-state index in [9.17, 15) is 15.2 Å². The Bertz CT molecular complexity index is 1760. The summed E-state index contributed by atoms with van der Waals surface area (Å²) in [6.07, 6.45) is 3.49. The van der Waals surface area contributed by atoms with Crippen LogP contribution in [0.2, 0.25) is 5.02 Å². The highest BCUT2D eigenvalue weighted by molar-refractivity contribution is 6.31. The molecule has 38 heavy (non-hydrogen) atoms. The molecule has 0 atom stereocenters. The van der Waals surface area contributed by atoms with E-state index < -0.39 is 5.69 Å². The molecule has 0 aliphatic heterocycles. The lowest BCUT2D eigenvalue weighted by Gasteiger charge is -2.13. The van der Waals surface area contributed by atoms with Crippen LogP contribution in [0.1, 0.15) is 25.0 Å². The minimum Gasteiger partial charge on any atom is -0.395 e. The second-order valence-corrected chi connectivity index (χ2v) is 10.0. The zero-order valence-corrected chi connectivity index (χ0v) is 22.1. The second kappa shape index (κ2) is 10.3. The maximum Gasteiger partial charge on any atom is 0.351 e. The van der Waals surface area contributed by atoms with E-state index in [0.29, 0.717) is 46.2 Å². The van der Waals surface area contributed by atoms with Crippen molar-refractivity contribution in [2.45, 2.75) is 26.9 Å². The summed E-state index contributed by atoms with van der Waals surface area (Å²) in [5.41, 5.74) is 3.73. The molecule has 0 aliphatic rings. The zero-order valence-electron chi connectivity index (χ0n) is 21.3. The van der Waals surface area contributed by atoms with Gasteiger partial charge in [0, 0.05) is 42.9 Å². The maximum absolute atomic E-state index is 13.1. The fourth-order valence-electron chi connectivity index (χ4n) is 4.70. The highest BCUT2D eigenvalue weighted by Crippen LogP contribution is 2.34. The van der Waals surface area contributed by atoms with Crippen molar-refractivity contribution < 1.29 is 5.11 Å². The van der Waals surface area contributed by atoms with E-state index in [1.807, 2.05) is 48.3 Å². The van der Waals surface area contributed by atoms with Crippen LogP contribution in [0.25, 0.3) is 33.3 Å². The highest BCUT2D eigenvalue weighted by Gasteiger charge is 2.25. The third kappa shape index (κ3) is 4.62. The number of nitriles is 1. The van der Waals surface area contributed by atoms with E-state index in [2.05, 4.69) is 21.4 Å². The fourth-order valence-corrected chi connectivity index (χ4v) is 4.87. The summed E-state index contributed by atoms with van der Waals surface area (Å²) in [4.78, 5) is 21.9. The van der Waals surface area contributed by atoms with Gasteiger partial charge in [0.25, 0.3) is 0 Å². The number of aryl methyl sites for hydroxylation is 1. The highest BCUT2D eigenvalue weighted by atomic mass is 35.5. The number of hydrogen-bond acceptors (Lipinski definition) is 7. The molecule has 0 spiro atoms. The molecule has 0 fully saturated rings. The molecular weight excluding hydrogens is 504 g/mol. The second-order valence-electron chi connectivity index (χ2n) is 9.57. The van der Waals surface area contributed by atoms with E-state index in [4.69, 9.17) is 16.7 Å². The number of rotatable bonds is 8. The molecule has 0 saturated heterocycles. The standard InChI is InChI=1S/C27H27ClN8O2/c1-16(2)13-35-26-23(25(31-8-9-37)32-27(35)38)24(22-10-17(12-29)14-34(22)3)36(33-26)15-18-6-7-30-21-5-4-19(28)11-20(18)21/h4-7,10-11,14,16,37H,8-9,13,15H2,1-3H3,(H,31,32,38). The van der Waals surface area contributed by atoms with Crippen molar-refractivity contribution in [3.8, 4) is 17.5 Å². The Labute approximate surface area is 223 Å². The van der Waals surface area contributed by atoms with Crippen LogP contribution in [-0.4, -0.2) is 47.1 Å². The van der Waals surface area contributed by atoms with E-state index in [1.165, 1.54) is 0 Å². The summed E-state index contributed by atoms with van der Waals surface area (Å²) in [6, 6.07) is 11.5. The Morgan fingerprint density at radius 1 is 1.24 bits per heavy atom. The molecule has 2 N–H and O–H groups in total. The van der Waals surface area contributed by atoms with Gasteiger partial charge in [-0.1, -0.05) is 25.4 Å². The summed E-state index contributed by atoms with van der Waals surface area (Å²) in [6.45, 7) is 4.92. The van der Waals surface area contributed by atoms with Gasteiger partial charge in [-0.25, -0.2) is 4.79 Å². The normalized spacial score (nSPS) is 11.5. The van der Waals surface area contributed by atoms with Gasteiger partial charge in [0.1, 0.15) is 11.9 Å². The summed E-state index contributed by atoms with van der Waals surface area (Å²) in [7, 11) is 1.86. The Balaban J connectivity index is 1.84. The lowest BCUT2D eigenvalue weighted by molar-refractivity contribution is 0.311. The SMILES string of the molecule is CC(C)Cn1c(=O)nc(NCCO)c2c(-c3cc(C#N)cn3C)n(Cc3ccnc4ccc(Cl)cc34)nc21. The summed E-state index contributed by atoms with van der Waals surface area (Å²) in [5, 5.41) is 29.3. The minimum absolute atomic E-state index is 0.131. The van der Waals surface area contributed by atoms with Crippen LogP contribution in [0.5, 0.6) is 0 Å². The van der Waals surface area contributed by atoms with E-state index in [-0.39, 0.29) is 19.1 Å². The molecule has 0 unspecified atom stereocenters. The molecule has 0 saturated carbocycles. The third-order valence-corrected chi connectivity index (χ3v) is 6.54. The molecule has 11 heteroatoms. The predicted octanol–water partition coefficient (Wildman–Crippen LogP) is 3.78. The van der Waals surface area contributed by atoms with Gasteiger partial charge in [-0.05, 0) is 41.8 Å². The van der Waals surface area contributed by atoms with Crippen molar-refractivity contribution in [2.24, 2.45) is 13.0 Å². The molecule has 0 aliphatic carbocycles. The number of pyridine rings is 1. The topological polar surface area (TPSA) is 127 Å². The van der Waals surface area contributed by atoms with Gasteiger partial charge in [-0.3, -0.25) is 14.2 Å². The minimum atomic E-state index is -0.423. The Hall–Kier alpha value is -4.20. The third-order valence-electron chi connectivity index (χ3n) is 6.31. The first-order chi connectivity index (χ1) is 18.3. The van der Waals surface area contributed by atoms with Crippen LogP contribution in [0, 0.1) is 17.2 Å². The van der Waals surface area contributed by atoms with E-state index in [0.717, 1.165) is 22.2 Å². The van der Waals surface area contributed by atoms with Crippen molar-refractivity contribution in [1.82, 2.24) is 28.9 Å². The van der Waals surface area contributed by atoms with Gasteiger partial charge in [-0.15, -0.1) is 0 Å². The van der Waals surface area contributed by atoms with Crippen molar-refractivity contribution in [1.29, 1.82) is 5.26 Å². The maximum atomic E-state index is 13.1. The lowest BCUT2D eigenvalue weighted by Crippen LogP contribution is -2.27. The number of nitrogens with one attached hydrogen (secondary N) is 1. The van der Waals surface area contributed by atoms with Crippen molar-refractivity contribution >= 4 is 39.4 Å². The van der Waals surface area contributed by atoms with E-state index >= 15 is 0 Å². The molecule has 0 bridgehead atoms. The Kier molecular flexibility index (Phi) is 6.89. The van der Waals surface area contributed by atoms with Crippen LogP contribution >= 0.6 is 11.6 Å². The first-order valence-electron chi connectivity index (χ1n) is 12.3. The van der Waals surface area contributed by atoms with Crippen LogP contribution < -0.4 is 11.0 Å². The molecule has 0 amide bonds. The number of aliphatic hydroxyl groups excluding tert-OH is 1. The fraction of sp³-hybridized carbons (Fsp3) is 0.296. The number of aliphatic hydroxyl groups is 1. The zero-order chi connectivity index (χ0) is 27.0. The first kappa shape index (κ1) is 25.4. The lowest BCUT2D eigenvalue weighted by atomic mass is 10.1. The number of halogens is 1. The average Bonchev–Trinajstić information content (AvgIpc) is 3.44. The van der Waals surface area contributed by atoms with Gasteiger partial charge in [-0.2, -0.15) is 15.3 Å². The van der Waals surface area contributed by atoms with Crippen LogP contribution in [0.3, 0.4) is 0 Å². The van der Waals surface area contributed by atoms with Crippen molar-refractivity contribution in [3.05, 3.63) is 69.4 Å². The molecule has 5 aromatic rings. The van der Waals surface area contributed by atoms with Crippen molar-refractivity contribution in [3.63, 3.8) is 0 Å². The molecule has 194 valence electrons.